The van der Waals surface area contributed by atoms with Gasteiger partial charge >= 0.3 is 5.97 Å². The first-order chi connectivity index (χ1) is 11.8. The Morgan fingerprint density at radius 1 is 1.36 bits per heavy atom. The number of nitrogens with two attached hydrogens (primary N) is 1. The van der Waals surface area contributed by atoms with Crippen LogP contribution in [0.4, 0.5) is 10.2 Å². The van der Waals surface area contributed by atoms with Gasteiger partial charge in [0.05, 0.1) is 17.7 Å². The molecule has 0 aliphatic rings. The van der Waals surface area contributed by atoms with E-state index in [9.17, 15) is 14.0 Å². The van der Waals surface area contributed by atoms with Crippen molar-refractivity contribution < 1.29 is 23.8 Å². The molecule has 0 saturated heterocycles. The lowest BCUT2D eigenvalue weighted by Gasteiger charge is -2.11. The number of hydrogen-bond donors (Lipinski definition) is 3. The maximum Gasteiger partial charge on any atom is 0.322 e. The van der Waals surface area contributed by atoms with Crippen molar-refractivity contribution in [1.29, 1.82) is 0 Å². The van der Waals surface area contributed by atoms with E-state index in [1.165, 1.54) is 19.2 Å². The number of carboxylic acids is 1. The van der Waals surface area contributed by atoms with Crippen LogP contribution in [-0.2, 0) is 4.79 Å². The molecule has 8 nitrogen and oxygen atoms in total. The van der Waals surface area contributed by atoms with E-state index in [0.717, 1.165) is 0 Å². The highest BCUT2D eigenvalue weighted by molar-refractivity contribution is 6.35. The summed E-state index contributed by atoms with van der Waals surface area (Å²) in [6, 6.07) is 2.64. The first-order valence-corrected chi connectivity index (χ1v) is 7.37. The third-order valence-corrected chi connectivity index (χ3v) is 3.66. The summed E-state index contributed by atoms with van der Waals surface area (Å²) in [5, 5.41) is 10.4. The number of carboxylic acid groups (broad SMARTS) is 1. The molecule has 0 radical (unpaired) electrons. The van der Waals surface area contributed by atoms with Crippen LogP contribution in [0.25, 0.3) is 11.4 Å². The zero-order valence-corrected chi connectivity index (χ0v) is 14.2. The number of methoxy groups -OCH3 is 1. The molecule has 0 aliphatic heterocycles. The van der Waals surface area contributed by atoms with E-state index < -0.39 is 29.9 Å². The van der Waals surface area contributed by atoms with Crippen LogP contribution in [0, 0.1) is 5.82 Å². The molecular weight excluding hydrogens is 378 g/mol. The predicted octanol–water partition coefficient (Wildman–Crippen LogP) is 1.99. The third-order valence-electron chi connectivity index (χ3n) is 2.99. The average Bonchev–Trinajstić information content (AvgIpc) is 2.55. The van der Waals surface area contributed by atoms with Gasteiger partial charge in [-0.1, -0.05) is 23.2 Å². The van der Waals surface area contributed by atoms with Gasteiger partial charge in [-0.05, 0) is 12.1 Å². The normalized spacial score (nSPS) is 10.4. The van der Waals surface area contributed by atoms with Crippen molar-refractivity contribution in [3.8, 4) is 17.1 Å². The first-order valence-electron chi connectivity index (χ1n) is 6.61. The van der Waals surface area contributed by atoms with Crippen LogP contribution >= 0.6 is 23.2 Å². The van der Waals surface area contributed by atoms with Gasteiger partial charge in [0.2, 0.25) is 0 Å². The van der Waals surface area contributed by atoms with Gasteiger partial charge in [0.15, 0.2) is 23.1 Å². The maximum atomic E-state index is 14.5. The molecule has 0 bridgehead atoms. The molecule has 132 valence electrons. The highest BCUT2D eigenvalue weighted by Gasteiger charge is 2.22. The smallest absolute Gasteiger partial charge is 0.322 e. The van der Waals surface area contributed by atoms with Crippen LogP contribution in [0.3, 0.4) is 0 Å². The van der Waals surface area contributed by atoms with E-state index in [4.69, 9.17) is 38.8 Å². The van der Waals surface area contributed by atoms with Crippen LogP contribution in [0.15, 0.2) is 12.1 Å². The van der Waals surface area contributed by atoms with Gasteiger partial charge in [-0.2, -0.15) is 0 Å². The Kier molecular flexibility index (Phi) is 5.60. The number of aromatic nitrogens is 2. The summed E-state index contributed by atoms with van der Waals surface area (Å²) >= 11 is 11.7. The van der Waals surface area contributed by atoms with E-state index in [1.807, 2.05) is 0 Å². The fourth-order valence-corrected chi connectivity index (χ4v) is 2.26. The van der Waals surface area contributed by atoms with Crippen molar-refractivity contribution in [2.45, 2.75) is 0 Å². The number of rotatable bonds is 5. The minimum absolute atomic E-state index is 0.0325. The quantitative estimate of drug-likeness (QED) is 0.714. The van der Waals surface area contributed by atoms with Crippen LogP contribution < -0.4 is 15.8 Å². The number of anilines is 1. The van der Waals surface area contributed by atoms with E-state index in [0.29, 0.717) is 0 Å². The zero-order valence-electron chi connectivity index (χ0n) is 12.6. The number of nitrogens with zero attached hydrogens (tertiary/aromatic N) is 2. The Hall–Kier alpha value is -2.65. The summed E-state index contributed by atoms with van der Waals surface area (Å²) in [7, 11) is 1.23. The van der Waals surface area contributed by atoms with Gasteiger partial charge in [-0.15, -0.1) is 0 Å². The summed E-state index contributed by atoms with van der Waals surface area (Å²) in [4.78, 5) is 30.3. The van der Waals surface area contributed by atoms with E-state index in [-0.39, 0.29) is 33.0 Å². The lowest BCUT2D eigenvalue weighted by Crippen LogP contribution is -2.30. The maximum absolute atomic E-state index is 14.5. The van der Waals surface area contributed by atoms with Crippen LogP contribution in [0.1, 0.15) is 10.5 Å². The van der Waals surface area contributed by atoms with Crippen molar-refractivity contribution in [2.24, 2.45) is 0 Å². The number of ether oxygens (including phenoxy) is 1. The average molecular weight is 389 g/mol. The lowest BCUT2D eigenvalue weighted by molar-refractivity contribution is -0.135. The number of amides is 1. The summed E-state index contributed by atoms with van der Waals surface area (Å²) in [5.41, 5.74) is 5.13. The summed E-state index contributed by atoms with van der Waals surface area (Å²) in [6.07, 6.45) is 0. The second-order valence-corrected chi connectivity index (χ2v) is 5.40. The van der Waals surface area contributed by atoms with Gasteiger partial charge in [-0.3, -0.25) is 9.59 Å². The van der Waals surface area contributed by atoms with Gasteiger partial charge in [0.1, 0.15) is 17.4 Å². The molecule has 0 fully saturated rings. The Morgan fingerprint density at radius 2 is 2.04 bits per heavy atom. The lowest BCUT2D eigenvalue weighted by atomic mass is 10.1. The third kappa shape index (κ3) is 3.89. The van der Waals surface area contributed by atoms with Crippen molar-refractivity contribution in [2.75, 3.05) is 19.4 Å². The second-order valence-electron chi connectivity index (χ2n) is 4.61. The first kappa shape index (κ1) is 18.7. The molecule has 0 saturated carbocycles. The molecule has 0 unspecified atom stereocenters. The van der Waals surface area contributed by atoms with Gasteiger partial charge < -0.3 is 20.9 Å². The van der Waals surface area contributed by atoms with Crippen LogP contribution in [0.5, 0.6) is 5.75 Å². The molecule has 2 rings (SSSR count). The predicted molar refractivity (Wildman–Crippen MR) is 88.4 cm³/mol. The van der Waals surface area contributed by atoms with Crippen LogP contribution in [-0.4, -0.2) is 40.6 Å². The topological polar surface area (TPSA) is 127 Å². The van der Waals surface area contributed by atoms with Crippen molar-refractivity contribution in [1.82, 2.24) is 15.3 Å². The molecule has 0 spiro atoms. The standard InChI is InChI=1S/C14H11Cl2FN4O4/c1-25-11-6(15)3-2-5(9(11)17)13-20-10(8(16)12(18)21-13)14(24)19-4-7(22)23/h2-3H,4H2,1H3,(H,19,24)(H,22,23)(H2,18,20,21). The Bertz CT molecular complexity index is 863. The molecule has 2 aromatic rings. The minimum atomic E-state index is -1.26. The van der Waals surface area contributed by atoms with Crippen molar-refractivity contribution in [3.05, 3.63) is 33.7 Å². The number of benzene rings is 1. The molecule has 0 atom stereocenters. The molecule has 4 N–H and O–H groups in total. The van der Waals surface area contributed by atoms with Gasteiger partial charge in [0.25, 0.3) is 5.91 Å². The molecule has 11 heteroatoms. The Morgan fingerprint density at radius 3 is 2.64 bits per heavy atom. The largest absolute Gasteiger partial charge is 0.492 e. The van der Waals surface area contributed by atoms with E-state index in [1.54, 1.807) is 0 Å². The van der Waals surface area contributed by atoms with Gasteiger partial charge in [0, 0.05) is 0 Å². The summed E-state index contributed by atoms with van der Waals surface area (Å²) < 4.78 is 19.4. The van der Waals surface area contributed by atoms with E-state index >= 15 is 0 Å². The number of hydrogen-bond acceptors (Lipinski definition) is 6. The number of aliphatic carboxylic acids is 1. The zero-order chi connectivity index (χ0) is 18.7. The number of carbonyl (C=O) groups is 2. The molecule has 1 heterocycles. The molecule has 1 amide bonds. The Labute approximate surface area is 150 Å². The van der Waals surface area contributed by atoms with Gasteiger partial charge in [-0.25, -0.2) is 14.4 Å². The van der Waals surface area contributed by atoms with Crippen LogP contribution in [0.2, 0.25) is 10.0 Å². The SMILES string of the molecule is COc1c(Cl)ccc(-c2nc(N)c(Cl)c(C(=O)NCC(=O)O)n2)c1F. The van der Waals surface area contributed by atoms with Crippen molar-refractivity contribution >= 4 is 40.9 Å². The molecule has 0 aliphatic carbocycles. The molecular formula is C14H11Cl2FN4O4. The molecule has 1 aromatic carbocycles. The highest BCUT2D eigenvalue weighted by atomic mass is 35.5. The summed E-state index contributed by atoms with van der Waals surface area (Å²) in [6.45, 7) is -0.655. The summed E-state index contributed by atoms with van der Waals surface area (Å²) in [5.74, 6) is -3.76. The number of carbonyl (C=O) groups excluding carboxylic acids is 1. The van der Waals surface area contributed by atoms with Crippen molar-refractivity contribution in [3.63, 3.8) is 0 Å². The fourth-order valence-electron chi connectivity index (χ4n) is 1.87. The minimum Gasteiger partial charge on any atom is -0.492 e. The fraction of sp³-hybridized carbons (Fsp3) is 0.143. The highest BCUT2D eigenvalue weighted by Crippen LogP contribution is 2.34. The number of nitrogens with one attached hydrogen (secondary N) is 1. The monoisotopic (exact) mass is 388 g/mol. The van der Waals surface area contributed by atoms with E-state index in [2.05, 4.69) is 15.3 Å². The number of halogens is 3. The molecule has 25 heavy (non-hydrogen) atoms. The Balaban J connectivity index is 2.54. The molecule has 1 aromatic heterocycles. The number of nitrogen functional groups attached to an aromatic ring is 1. The second kappa shape index (κ2) is 7.49.